The first-order valence-corrected chi connectivity index (χ1v) is 4.90. The SMILES string of the molecule is COc1ccc(C(C)C)c(Cl)c1OC. The lowest BCUT2D eigenvalue weighted by molar-refractivity contribution is 0.354. The van der Waals surface area contributed by atoms with Gasteiger partial charge in [0, 0.05) is 0 Å². The number of hydrogen-bond acceptors (Lipinski definition) is 2. The first kappa shape index (κ1) is 11.2. The van der Waals surface area contributed by atoms with E-state index in [-0.39, 0.29) is 0 Å². The lowest BCUT2D eigenvalue weighted by atomic mass is 10.0. The van der Waals surface area contributed by atoms with Crippen LogP contribution in [0, 0.1) is 0 Å². The van der Waals surface area contributed by atoms with Gasteiger partial charge in [-0.1, -0.05) is 31.5 Å². The van der Waals surface area contributed by atoms with Gasteiger partial charge in [-0.25, -0.2) is 0 Å². The summed E-state index contributed by atoms with van der Waals surface area (Å²) in [7, 11) is 3.19. The number of benzene rings is 1. The minimum absolute atomic E-state index is 0.377. The Morgan fingerprint density at radius 2 is 1.79 bits per heavy atom. The Labute approximate surface area is 89.8 Å². The second-order valence-electron chi connectivity index (χ2n) is 3.36. The van der Waals surface area contributed by atoms with Crippen LogP contribution in [-0.4, -0.2) is 14.2 Å². The van der Waals surface area contributed by atoms with Gasteiger partial charge in [-0.15, -0.1) is 0 Å². The summed E-state index contributed by atoms with van der Waals surface area (Å²) in [4.78, 5) is 0. The van der Waals surface area contributed by atoms with E-state index in [0.717, 1.165) is 5.56 Å². The Kier molecular flexibility index (Phi) is 3.64. The number of hydrogen-bond donors (Lipinski definition) is 0. The molecule has 0 aliphatic carbocycles. The molecule has 2 nitrogen and oxygen atoms in total. The van der Waals surface area contributed by atoms with Crippen molar-refractivity contribution in [3.63, 3.8) is 0 Å². The molecule has 0 aliphatic heterocycles. The first-order chi connectivity index (χ1) is 6.61. The Morgan fingerprint density at radius 1 is 1.14 bits per heavy atom. The highest BCUT2D eigenvalue weighted by Crippen LogP contribution is 2.39. The van der Waals surface area contributed by atoms with Crippen LogP contribution in [0.1, 0.15) is 25.3 Å². The zero-order valence-corrected chi connectivity index (χ0v) is 9.68. The van der Waals surface area contributed by atoms with Gasteiger partial charge >= 0.3 is 0 Å². The highest BCUT2D eigenvalue weighted by Gasteiger charge is 2.14. The number of halogens is 1. The van der Waals surface area contributed by atoms with Crippen LogP contribution < -0.4 is 9.47 Å². The molecule has 1 aromatic rings. The van der Waals surface area contributed by atoms with Crippen LogP contribution >= 0.6 is 11.6 Å². The fourth-order valence-electron chi connectivity index (χ4n) is 1.35. The van der Waals surface area contributed by atoms with Crippen molar-refractivity contribution in [1.82, 2.24) is 0 Å². The van der Waals surface area contributed by atoms with Crippen molar-refractivity contribution in [2.24, 2.45) is 0 Å². The minimum atomic E-state index is 0.377. The van der Waals surface area contributed by atoms with E-state index in [1.54, 1.807) is 14.2 Å². The molecule has 1 rings (SSSR count). The van der Waals surface area contributed by atoms with Crippen LogP contribution in [0.2, 0.25) is 5.02 Å². The zero-order chi connectivity index (χ0) is 10.7. The van der Waals surface area contributed by atoms with E-state index >= 15 is 0 Å². The summed E-state index contributed by atoms with van der Waals surface area (Å²) in [5.41, 5.74) is 1.07. The summed E-state index contributed by atoms with van der Waals surface area (Å²) >= 11 is 6.18. The van der Waals surface area contributed by atoms with Gasteiger partial charge in [0.05, 0.1) is 19.2 Å². The topological polar surface area (TPSA) is 18.5 Å². The molecule has 0 saturated heterocycles. The Bertz CT molecular complexity index is 321. The summed E-state index contributed by atoms with van der Waals surface area (Å²) in [5.74, 6) is 1.66. The van der Waals surface area contributed by atoms with Gasteiger partial charge in [-0.3, -0.25) is 0 Å². The fraction of sp³-hybridized carbons (Fsp3) is 0.455. The van der Waals surface area contributed by atoms with Gasteiger partial charge in [0.2, 0.25) is 0 Å². The van der Waals surface area contributed by atoms with E-state index in [1.807, 2.05) is 12.1 Å². The van der Waals surface area contributed by atoms with Gasteiger partial charge in [0.1, 0.15) is 0 Å². The lowest BCUT2D eigenvalue weighted by Crippen LogP contribution is -1.96. The van der Waals surface area contributed by atoms with Crippen LogP contribution in [0.5, 0.6) is 11.5 Å². The molecule has 0 spiro atoms. The molecule has 3 heteroatoms. The summed E-state index contributed by atoms with van der Waals surface area (Å²) in [5, 5.41) is 0.641. The van der Waals surface area contributed by atoms with Gasteiger partial charge < -0.3 is 9.47 Å². The molecule has 0 heterocycles. The van der Waals surface area contributed by atoms with Gasteiger partial charge in [-0.2, -0.15) is 0 Å². The van der Waals surface area contributed by atoms with Crippen molar-refractivity contribution < 1.29 is 9.47 Å². The van der Waals surface area contributed by atoms with Crippen LogP contribution in [0.25, 0.3) is 0 Å². The molecule has 0 bridgehead atoms. The van der Waals surface area contributed by atoms with Crippen molar-refractivity contribution in [3.8, 4) is 11.5 Å². The maximum absolute atomic E-state index is 6.18. The molecule has 0 aromatic heterocycles. The molecule has 0 amide bonds. The molecule has 0 radical (unpaired) electrons. The number of ether oxygens (including phenoxy) is 2. The van der Waals surface area contributed by atoms with Crippen molar-refractivity contribution in [1.29, 1.82) is 0 Å². The highest BCUT2D eigenvalue weighted by molar-refractivity contribution is 6.33. The number of rotatable bonds is 3. The molecule has 0 saturated carbocycles. The monoisotopic (exact) mass is 214 g/mol. The van der Waals surface area contributed by atoms with Crippen molar-refractivity contribution in [2.45, 2.75) is 19.8 Å². The summed E-state index contributed by atoms with van der Waals surface area (Å²) in [6.45, 7) is 4.18. The third-order valence-corrected chi connectivity index (χ3v) is 2.53. The quantitative estimate of drug-likeness (QED) is 0.767. The molecule has 0 atom stereocenters. The van der Waals surface area contributed by atoms with Crippen LogP contribution in [0.15, 0.2) is 12.1 Å². The average Bonchev–Trinajstić information content (AvgIpc) is 2.16. The summed E-state index contributed by atoms with van der Waals surface area (Å²) in [6.07, 6.45) is 0. The van der Waals surface area contributed by atoms with E-state index in [9.17, 15) is 0 Å². The molecule has 78 valence electrons. The van der Waals surface area contributed by atoms with Gasteiger partial charge in [-0.05, 0) is 17.5 Å². The Morgan fingerprint density at radius 3 is 2.21 bits per heavy atom. The van der Waals surface area contributed by atoms with Crippen molar-refractivity contribution >= 4 is 11.6 Å². The van der Waals surface area contributed by atoms with E-state index in [4.69, 9.17) is 21.1 Å². The lowest BCUT2D eigenvalue weighted by Gasteiger charge is -2.14. The third-order valence-electron chi connectivity index (χ3n) is 2.14. The maximum atomic E-state index is 6.18. The maximum Gasteiger partial charge on any atom is 0.179 e. The molecule has 0 unspecified atom stereocenters. The van der Waals surface area contributed by atoms with Gasteiger partial charge in [0.25, 0.3) is 0 Å². The van der Waals surface area contributed by atoms with Crippen LogP contribution in [0.4, 0.5) is 0 Å². The first-order valence-electron chi connectivity index (χ1n) is 4.52. The Hall–Kier alpha value is -0.890. The summed E-state index contributed by atoms with van der Waals surface area (Å²) < 4.78 is 10.3. The summed E-state index contributed by atoms with van der Waals surface area (Å²) in [6, 6.07) is 3.84. The molecular formula is C11H15ClO2. The normalized spacial score (nSPS) is 10.4. The Balaban J connectivity index is 3.27. The molecular weight excluding hydrogens is 200 g/mol. The molecule has 0 aliphatic rings. The van der Waals surface area contributed by atoms with E-state index in [0.29, 0.717) is 22.4 Å². The van der Waals surface area contributed by atoms with E-state index in [1.165, 1.54) is 0 Å². The fourth-order valence-corrected chi connectivity index (χ4v) is 1.80. The van der Waals surface area contributed by atoms with E-state index in [2.05, 4.69) is 13.8 Å². The second-order valence-corrected chi connectivity index (χ2v) is 3.74. The molecule has 0 N–H and O–H groups in total. The number of methoxy groups -OCH3 is 2. The van der Waals surface area contributed by atoms with E-state index < -0.39 is 0 Å². The predicted molar refractivity (Wildman–Crippen MR) is 58.6 cm³/mol. The van der Waals surface area contributed by atoms with Crippen LogP contribution in [-0.2, 0) is 0 Å². The van der Waals surface area contributed by atoms with Crippen LogP contribution in [0.3, 0.4) is 0 Å². The minimum Gasteiger partial charge on any atom is -0.493 e. The smallest absolute Gasteiger partial charge is 0.179 e. The predicted octanol–water partition coefficient (Wildman–Crippen LogP) is 3.48. The van der Waals surface area contributed by atoms with Crippen molar-refractivity contribution in [3.05, 3.63) is 22.7 Å². The largest absolute Gasteiger partial charge is 0.493 e. The molecule has 14 heavy (non-hydrogen) atoms. The standard InChI is InChI=1S/C11H15ClO2/c1-7(2)8-5-6-9(13-3)11(14-4)10(8)12/h5-7H,1-4H3. The zero-order valence-electron chi connectivity index (χ0n) is 8.93. The van der Waals surface area contributed by atoms with Gasteiger partial charge in [0.15, 0.2) is 11.5 Å². The highest BCUT2D eigenvalue weighted by atomic mass is 35.5. The average molecular weight is 215 g/mol. The third kappa shape index (κ3) is 1.95. The molecule has 1 aromatic carbocycles. The molecule has 0 fully saturated rings. The van der Waals surface area contributed by atoms with Crippen molar-refractivity contribution in [2.75, 3.05) is 14.2 Å². The second kappa shape index (κ2) is 4.56.